The van der Waals surface area contributed by atoms with E-state index in [-0.39, 0.29) is 23.9 Å². The van der Waals surface area contributed by atoms with Gasteiger partial charge in [0.2, 0.25) is 11.8 Å². The monoisotopic (exact) mass is 232 g/mol. The summed E-state index contributed by atoms with van der Waals surface area (Å²) >= 11 is 0. The van der Waals surface area contributed by atoms with Crippen LogP contribution in [0, 0.1) is 0 Å². The Kier molecular flexibility index (Phi) is 3.42. The maximum Gasteiger partial charge on any atom is 0.245 e. The quantitative estimate of drug-likeness (QED) is 0.748. The molecule has 0 aliphatic carbocycles. The second kappa shape index (κ2) is 4.99. The van der Waals surface area contributed by atoms with Gasteiger partial charge >= 0.3 is 0 Å². The van der Waals surface area contributed by atoms with Gasteiger partial charge < -0.3 is 10.6 Å². The first-order valence-corrected chi connectivity index (χ1v) is 5.84. The van der Waals surface area contributed by atoms with Gasteiger partial charge in [0.25, 0.3) is 0 Å². The van der Waals surface area contributed by atoms with Crippen molar-refractivity contribution in [1.82, 2.24) is 10.6 Å². The second-order valence-corrected chi connectivity index (χ2v) is 4.23. The summed E-state index contributed by atoms with van der Waals surface area (Å²) in [5.74, 6) is -0.187. The van der Waals surface area contributed by atoms with Gasteiger partial charge in [-0.1, -0.05) is 37.3 Å². The van der Waals surface area contributed by atoms with E-state index in [1.165, 1.54) is 0 Å². The van der Waals surface area contributed by atoms with Crippen LogP contribution in [0.3, 0.4) is 0 Å². The summed E-state index contributed by atoms with van der Waals surface area (Å²) < 4.78 is 0. The van der Waals surface area contributed by atoms with Gasteiger partial charge in [0.1, 0.15) is 6.04 Å². The van der Waals surface area contributed by atoms with Crippen LogP contribution in [0.2, 0.25) is 0 Å². The Labute approximate surface area is 100 Å². The zero-order chi connectivity index (χ0) is 12.3. The lowest BCUT2D eigenvalue weighted by Gasteiger charge is -2.36. The number of benzene rings is 1. The fraction of sp³-hybridized carbons (Fsp3) is 0.385. The van der Waals surface area contributed by atoms with E-state index in [1.54, 1.807) is 0 Å². The highest BCUT2D eigenvalue weighted by atomic mass is 16.2. The molecule has 2 amide bonds. The molecule has 4 heteroatoms. The van der Waals surface area contributed by atoms with Gasteiger partial charge in [-0.2, -0.15) is 0 Å². The topological polar surface area (TPSA) is 58.2 Å². The van der Waals surface area contributed by atoms with E-state index in [9.17, 15) is 9.59 Å². The molecule has 4 nitrogen and oxygen atoms in total. The number of rotatable bonds is 4. The number of β-lactam (4-membered cyclic amide) rings is 1. The lowest BCUT2D eigenvalue weighted by Crippen LogP contribution is -2.68. The Balaban J connectivity index is 1.87. The largest absolute Gasteiger partial charge is 0.349 e. The minimum atomic E-state index is -0.351. The van der Waals surface area contributed by atoms with Crippen molar-refractivity contribution in [3.8, 4) is 0 Å². The SMILES string of the molecule is CC[C@H]1NC(=O)[C@@H]1NC(=O)Cc1ccccc1. The van der Waals surface area contributed by atoms with Crippen molar-refractivity contribution >= 4 is 11.8 Å². The summed E-state index contributed by atoms with van der Waals surface area (Å²) in [4.78, 5) is 23.0. The molecule has 0 aromatic heterocycles. The maximum absolute atomic E-state index is 11.7. The van der Waals surface area contributed by atoms with Gasteiger partial charge in [-0.25, -0.2) is 0 Å². The summed E-state index contributed by atoms with van der Waals surface area (Å²) in [5, 5.41) is 5.52. The molecule has 17 heavy (non-hydrogen) atoms. The number of amides is 2. The van der Waals surface area contributed by atoms with Crippen molar-refractivity contribution in [1.29, 1.82) is 0 Å². The number of hydrogen-bond acceptors (Lipinski definition) is 2. The van der Waals surface area contributed by atoms with Crippen LogP contribution in [-0.2, 0) is 16.0 Å². The van der Waals surface area contributed by atoms with E-state index in [2.05, 4.69) is 10.6 Å². The number of hydrogen-bond donors (Lipinski definition) is 2. The van der Waals surface area contributed by atoms with Crippen molar-refractivity contribution in [2.24, 2.45) is 0 Å². The third-order valence-corrected chi connectivity index (χ3v) is 2.98. The highest BCUT2D eigenvalue weighted by Gasteiger charge is 2.38. The van der Waals surface area contributed by atoms with Crippen molar-refractivity contribution in [3.63, 3.8) is 0 Å². The van der Waals surface area contributed by atoms with Gasteiger partial charge in [0, 0.05) is 0 Å². The van der Waals surface area contributed by atoms with Crippen LogP contribution in [0.1, 0.15) is 18.9 Å². The fourth-order valence-electron chi connectivity index (χ4n) is 1.95. The van der Waals surface area contributed by atoms with Crippen LogP contribution in [0.25, 0.3) is 0 Å². The normalized spacial score (nSPS) is 22.5. The molecule has 1 aliphatic heterocycles. The standard InChI is InChI=1S/C13H16N2O2/c1-2-10-12(13(17)14-10)15-11(16)8-9-6-4-3-5-7-9/h3-7,10,12H,2,8H2,1H3,(H,14,17)(H,15,16)/t10-,12-/m1/s1. The first kappa shape index (κ1) is 11.6. The molecule has 0 radical (unpaired) electrons. The fourth-order valence-corrected chi connectivity index (χ4v) is 1.95. The third kappa shape index (κ3) is 2.64. The van der Waals surface area contributed by atoms with Crippen molar-refractivity contribution in [3.05, 3.63) is 35.9 Å². The van der Waals surface area contributed by atoms with Crippen LogP contribution in [-0.4, -0.2) is 23.9 Å². The highest BCUT2D eigenvalue weighted by molar-refractivity contribution is 5.93. The molecular weight excluding hydrogens is 216 g/mol. The van der Waals surface area contributed by atoms with Gasteiger partial charge in [-0.3, -0.25) is 9.59 Å². The van der Waals surface area contributed by atoms with Gasteiger partial charge in [0.05, 0.1) is 12.5 Å². The molecular formula is C13H16N2O2. The van der Waals surface area contributed by atoms with E-state index in [1.807, 2.05) is 37.3 Å². The summed E-state index contributed by atoms with van der Waals surface area (Å²) in [5.41, 5.74) is 0.956. The van der Waals surface area contributed by atoms with Crippen molar-refractivity contribution in [2.45, 2.75) is 31.8 Å². The summed E-state index contributed by atoms with van der Waals surface area (Å²) in [6, 6.07) is 9.24. The molecule has 2 rings (SSSR count). The first-order valence-electron chi connectivity index (χ1n) is 5.84. The van der Waals surface area contributed by atoms with Gasteiger partial charge in [0.15, 0.2) is 0 Å². The van der Waals surface area contributed by atoms with Crippen LogP contribution in [0.15, 0.2) is 30.3 Å². The van der Waals surface area contributed by atoms with Crippen molar-refractivity contribution < 1.29 is 9.59 Å². The Morgan fingerprint density at radius 3 is 2.65 bits per heavy atom. The van der Waals surface area contributed by atoms with Crippen LogP contribution >= 0.6 is 0 Å². The summed E-state index contributed by atoms with van der Waals surface area (Å²) in [6.45, 7) is 1.99. The Hall–Kier alpha value is -1.84. The lowest BCUT2D eigenvalue weighted by molar-refractivity contribution is -0.136. The average Bonchev–Trinajstić information content (AvgIpc) is 2.34. The molecule has 1 aromatic rings. The molecule has 1 aliphatic rings. The lowest BCUT2D eigenvalue weighted by atomic mass is 9.96. The number of carbonyl (C=O) groups excluding carboxylic acids is 2. The van der Waals surface area contributed by atoms with Crippen molar-refractivity contribution in [2.75, 3.05) is 0 Å². The predicted octanol–water partition coefficient (Wildman–Crippen LogP) is 0.622. The molecule has 1 saturated heterocycles. The van der Waals surface area contributed by atoms with E-state index >= 15 is 0 Å². The molecule has 0 bridgehead atoms. The Morgan fingerprint density at radius 1 is 1.35 bits per heavy atom. The number of carbonyl (C=O) groups is 2. The summed E-state index contributed by atoms with van der Waals surface area (Å²) in [6.07, 6.45) is 1.16. The minimum Gasteiger partial charge on any atom is -0.349 e. The van der Waals surface area contributed by atoms with E-state index in [4.69, 9.17) is 0 Å². The number of nitrogens with one attached hydrogen (secondary N) is 2. The first-order chi connectivity index (χ1) is 8.20. The van der Waals surface area contributed by atoms with E-state index in [0.29, 0.717) is 6.42 Å². The van der Waals surface area contributed by atoms with Crippen LogP contribution in [0.4, 0.5) is 0 Å². The van der Waals surface area contributed by atoms with E-state index < -0.39 is 0 Å². The molecule has 2 atom stereocenters. The molecule has 0 saturated carbocycles. The maximum atomic E-state index is 11.7. The molecule has 0 unspecified atom stereocenters. The molecule has 1 fully saturated rings. The van der Waals surface area contributed by atoms with Crippen LogP contribution < -0.4 is 10.6 Å². The highest BCUT2D eigenvalue weighted by Crippen LogP contribution is 2.10. The zero-order valence-electron chi connectivity index (χ0n) is 9.77. The van der Waals surface area contributed by atoms with Gasteiger partial charge in [-0.15, -0.1) is 0 Å². The molecule has 2 N–H and O–H groups in total. The average molecular weight is 232 g/mol. The molecule has 90 valence electrons. The Morgan fingerprint density at radius 2 is 2.06 bits per heavy atom. The van der Waals surface area contributed by atoms with Crippen LogP contribution in [0.5, 0.6) is 0 Å². The zero-order valence-corrected chi connectivity index (χ0v) is 9.77. The van der Waals surface area contributed by atoms with Gasteiger partial charge in [-0.05, 0) is 12.0 Å². The predicted molar refractivity (Wildman–Crippen MR) is 64.3 cm³/mol. The summed E-state index contributed by atoms with van der Waals surface area (Å²) in [7, 11) is 0. The third-order valence-electron chi connectivity index (χ3n) is 2.98. The van der Waals surface area contributed by atoms with E-state index in [0.717, 1.165) is 12.0 Å². The smallest absolute Gasteiger partial charge is 0.245 e. The second-order valence-electron chi connectivity index (χ2n) is 4.23. The Bertz CT molecular complexity index is 417. The molecule has 1 aromatic carbocycles. The minimum absolute atomic E-state index is 0.0849. The molecule has 0 spiro atoms. The molecule has 1 heterocycles.